The number of likely N-dealkylation sites (tertiary alicyclic amines) is 1. The summed E-state index contributed by atoms with van der Waals surface area (Å²) in [6.07, 6.45) is 3.12. The zero-order valence-corrected chi connectivity index (χ0v) is 19.6. The highest BCUT2D eigenvalue weighted by atomic mass is 16.6. The third kappa shape index (κ3) is 6.50. The van der Waals surface area contributed by atoms with Gasteiger partial charge in [-0.3, -0.25) is 4.79 Å². The maximum absolute atomic E-state index is 13.0. The average Bonchev–Trinajstić information content (AvgIpc) is 3.23. The van der Waals surface area contributed by atoms with Crippen molar-refractivity contribution in [3.8, 4) is 0 Å². The van der Waals surface area contributed by atoms with Gasteiger partial charge in [-0.1, -0.05) is 12.1 Å². The predicted molar refractivity (Wildman–Crippen MR) is 126 cm³/mol. The van der Waals surface area contributed by atoms with Gasteiger partial charge in [0.15, 0.2) is 0 Å². The Morgan fingerprint density at radius 2 is 1.73 bits per heavy atom. The smallest absolute Gasteiger partial charge is 0.410 e. The Bertz CT molecular complexity index is 985. The van der Waals surface area contributed by atoms with E-state index in [0.717, 1.165) is 18.4 Å². The number of nitrogens with zero attached hydrogens (tertiary/aromatic N) is 2. The van der Waals surface area contributed by atoms with Crippen molar-refractivity contribution in [2.24, 2.45) is 5.73 Å². The molecule has 178 valence electrons. The molecule has 1 aromatic heterocycles. The van der Waals surface area contributed by atoms with Crippen LogP contribution < -0.4 is 16.4 Å². The lowest BCUT2D eigenvalue weighted by atomic mass is 10.0. The van der Waals surface area contributed by atoms with Crippen LogP contribution in [0, 0.1) is 0 Å². The first-order valence-corrected chi connectivity index (χ1v) is 11.2. The molecule has 2 heterocycles. The summed E-state index contributed by atoms with van der Waals surface area (Å²) in [5.41, 5.74) is 6.70. The van der Waals surface area contributed by atoms with E-state index in [1.807, 2.05) is 62.7 Å². The van der Waals surface area contributed by atoms with Crippen molar-refractivity contribution in [1.82, 2.24) is 14.8 Å². The van der Waals surface area contributed by atoms with Crippen molar-refractivity contribution in [1.29, 1.82) is 0 Å². The van der Waals surface area contributed by atoms with Gasteiger partial charge in [-0.25, -0.2) is 9.59 Å². The van der Waals surface area contributed by atoms with Crippen LogP contribution in [0.5, 0.6) is 0 Å². The minimum atomic E-state index is -0.623. The Balaban J connectivity index is 1.59. The van der Waals surface area contributed by atoms with E-state index < -0.39 is 11.6 Å². The zero-order chi connectivity index (χ0) is 24.2. The van der Waals surface area contributed by atoms with E-state index in [1.54, 1.807) is 17.0 Å². The first kappa shape index (κ1) is 24.2. The van der Waals surface area contributed by atoms with E-state index in [4.69, 9.17) is 10.5 Å². The van der Waals surface area contributed by atoms with E-state index in [1.165, 1.54) is 0 Å². The SMILES string of the molecule is CC(NC(=O)c1cccn1C1CCN(C(=O)OC(C)(C)C)CC1)c1ccc(NC(N)=O)cc1. The Morgan fingerprint density at radius 1 is 1.09 bits per heavy atom. The molecule has 0 saturated carbocycles. The number of anilines is 1. The second-order valence-electron chi connectivity index (χ2n) is 9.31. The monoisotopic (exact) mass is 455 g/mol. The van der Waals surface area contributed by atoms with Gasteiger partial charge in [0.1, 0.15) is 11.3 Å². The number of carbonyl (C=O) groups is 3. The van der Waals surface area contributed by atoms with Crippen LogP contribution in [0.25, 0.3) is 0 Å². The number of rotatable bonds is 5. The van der Waals surface area contributed by atoms with Gasteiger partial charge in [0.05, 0.1) is 6.04 Å². The number of aromatic nitrogens is 1. The van der Waals surface area contributed by atoms with Gasteiger partial charge in [0.2, 0.25) is 0 Å². The molecule has 9 heteroatoms. The third-order valence-electron chi connectivity index (χ3n) is 5.55. The number of nitrogens with two attached hydrogens (primary N) is 1. The molecule has 0 bridgehead atoms. The number of benzene rings is 1. The minimum Gasteiger partial charge on any atom is -0.444 e. The minimum absolute atomic E-state index is 0.133. The van der Waals surface area contributed by atoms with E-state index in [2.05, 4.69) is 10.6 Å². The van der Waals surface area contributed by atoms with Crippen molar-refractivity contribution >= 4 is 23.7 Å². The van der Waals surface area contributed by atoms with Gasteiger partial charge in [-0.05, 0) is 70.4 Å². The van der Waals surface area contributed by atoms with Crippen LogP contribution in [0.4, 0.5) is 15.3 Å². The van der Waals surface area contributed by atoms with E-state index in [9.17, 15) is 14.4 Å². The molecule has 1 unspecified atom stereocenters. The molecule has 4 N–H and O–H groups in total. The largest absolute Gasteiger partial charge is 0.444 e. The van der Waals surface area contributed by atoms with Crippen LogP contribution in [-0.4, -0.2) is 46.2 Å². The summed E-state index contributed by atoms with van der Waals surface area (Å²) in [6, 6.07) is 10.1. The number of nitrogens with one attached hydrogen (secondary N) is 2. The Kier molecular flexibility index (Phi) is 7.30. The second kappa shape index (κ2) is 9.97. The van der Waals surface area contributed by atoms with Gasteiger partial charge in [-0.2, -0.15) is 0 Å². The molecule has 0 aliphatic carbocycles. The van der Waals surface area contributed by atoms with Gasteiger partial charge in [0, 0.05) is 31.0 Å². The summed E-state index contributed by atoms with van der Waals surface area (Å²) in [6.45, 7) is 8.64. The van der Waals surface area contributed by atoms with Crippen LogP contribution in [0.1, 0.15) is 68.7 Å². The fourth-order valence-corrected chi connectivity index (χ4v) is 3.91. The van der Waals surface area contributed by atoms with Crippen LogP contribution in [0.2, 0.25) is 0 Å². The molecule has 33 heavy (non-hydrogen) atoms. The molecule has 0 spiro atoms. The maximum Gasteiger partial charge on any atom is 0.410 e. The van der Waals surface area contributed by atoms with Crippen molar-refractivity contribution in [3.05, 3.63) is 53.9 Å². The third-order valence-corrected chi connectivity index (χ3v) is 5.55. The Morgan fingerprint density at radius 3 is 2.30 bits per heavy atom. The number of primary amides is 1. The molecule has 1 fully saturated rings. The zero-order valence-electron chi connectivity index (χ0n) is 19.6. The van der Waals surface area contributed by atoms with E-state index in [-0.39, 0.29) is 24.1 Å². The Hall–Kier alpha value is -3.49. The number of urea groups is 1. The molecule has 3 rings (SSSR count). The highest BCUT2D eigenvalue weighted by Crippen LogP contribution is 2.26. The molecule has 0 radical (unpaired) electrons. The van der Waals surface area contributed by atoms with Crippen molar-refractivity contribution in [2.45, 2.75) is 58.2 Å². The lowest BCUT2D eigenvalue weighted by Crippen LogP contribution is -2.42. The van der Waals surface area contributed by atoms with Gasteiger partial charge in [0.25, 0.3) is 5.91 Å². The molecule has 1 aliphatic heterocycles. The molecule has 1 atom stereocenters. The molecule has 1 aromatic carbocycles. The molecule has 9 nitrogen and oxygen atoms in total. The molecular weight excluding hydrogens is 422 g/mol. The number of piperidine rings is 1. The summed E-state index contributed by atoms with van der Waals surface area (Å²) >= 11 is 0. The summed E-state index contributed by atoms with van der Waals surface area (Å²) in [4.78, 5) is 38.0. The molecule has 4 amide bonds. The Labute approximate surface area is 194 Å². The van der Waals surface area contributed by atoms with Crippen LogP contribution >= 0.6 is 0 Å². The standard InChI is InChI=1S/C24H33N5O4/c1-16(17-7-9-18(10-8-17)27-22(25)31)26-21(30)20-6-5-13-29(20)19-11-14-28(15-12-19)23(32)33-24(2,3)4/h5-10,13,16,19H,11-12,14-15H2,1-4H3,(H,26,30)(H3,25,27,31). The lowest BCUT2D eigenvalue weighted by molar-refractivity contribution is 0.0187. The fourth-order valence-electron chi connectivity index (χ4n) is 3.91. The summed E-state index contributed by atoms with van der Waals surface area (Å²) in [5, 5.41) is 5.55. The number of ether oxygens (including phenoxy) is 1. The molecular formula is C24H33N5O4. The quantitative estimate of drug-likeness (QED) is 0.630. The van der Waals surface area contributed by atoms with Crippen molar-refractivity contribution in [2.75, 3.05) is 18.4 Å². The molecule has 2 aromatic rings. The number of amides is 4. The number of carbonyl (C=O) groups excluding carboxylic acids is 3. The molecule has 1 saturated heterocycles. The van der Waals surface area contributed by atoms with Crippen molar-refractivity contribution < 1.29 is 19.1 Å². The maximum atomic E-state index is 13.0. The van der Waals surface area contributed by atoms with Gasteiger partial charge < -0.3 is 30.6 Å². The lowest BCUT2D eigenvalue weighted by Gasteiger charge is -2.34. The molecule has 1 aliphatic rings. The fraction of sp³-hybridized carbons (Fsp3) is 0.458. The van der Waals surface area contributed by atoms with Gasteiger partial charge in [-0.15, -0.1) is 0 Å². The van der Waals surface area contributed by atoms with Crippen molar-refractivity contribution in [3.63, 3.8) is 0 Å². The average molecular weight is 456 g/mol. The van der Waals surface area contributed by atoms with Crippen LogP contribution in [0.15, 0.2) is 42.6 Å². The number of hydrogen-bond donors (Lipinski definition) is 3. The van der Waals surface area contributed by atoms with Gasteiger partial charge >= 0.3 is 12.1 Å². The second-order valence-corrected chi connectivity index (χ2v) is 9.31. The normalized spacial score (nSPS) is 15.6. The summed E-state index contributed by atoms with van der Waals surface area (Å²) in [5.74, 6) is -0.165. The summed E-state index contributed by atoms with van der Waals surface area (Å²) < 4.78 is 7.46. The summed E-state index contributed by atoms with van der Waals surface area (Å²) in [7, 11) is 0. The number of hydrogen-bond acceptors (Lipinski definition) is 4. The highest BCUT2D eigenvalue weighted by Gasteiger charge is 2.29. The van der Waals surface area contributed by atoms with E-state index >= 15 is 0 Å². The predicted octanol–water partition coefficient (Wildman–Crippen LogP) is 4.04. The highest BCUT2D eigenvalue weighted by molar-refractivity contribution is 5.93. The van der Waals surface area contributed by atoms with E-state index in [0.29, 0.717) is 24.5 Å². The first-order chi connectivity index (χ1) is 15.5. The van der Waals surface area contributed by atoms with Crippen LogP contribution in [0.3, 0.4) is 0 Å². The van der Waals surface area contributed by atoms with Crippen LogP contribution in [-0.2, 0) is 4.74 Å². The topological polar surface area (TPSA) is 119 Å². The first-order valence-electron chi connectivity index (χ1n) is 11.2.